The van der Waals surface area contributed by atoms with Crippen LogP contribution in [-0.4, -0.2) is 21.6 Å². The van der Waals surface area contributed by atoms with Gasteiger partial charge < -0.3 is 4.74 Å². The highest BCUT2D eigenvalue weighted by Gasteiger charge is 2.13. The van der Waals surface area contributed by atoms with Crippen LogP contribution in [0.1, 0.15) is 11.3 Å². The van der Waals surface area contributed by atoms with Crippen LogP contribution in [0, 0.1) is 20.6 Å². The molecule has 7 nitrogen and oxygen atoms in total. The number of benzene rings is 1. The molecule has 0 fully saturated rings. The fraction of sp³-hybridized carbons (Fsp3) is 0.231. The zero-order valence-electron chi connectivity index (χ0n) is 11.4. The van der Waals surface area contributed by atoms with Crippen LogP contribution in [0.4, 0.5) is 5.69 Å². The lowest BCUT2D eigenvalue weighted by Gasteiger charge is -2.10. The lowest BCUT2D eigenvalue weighted by atomic mass is 10.1. The average molecular weight is 401 g/mol. The van der Waals surface area contributed by atoms with Gasteiger partial charge in [0.2, 0.25) is 0 Å². The predicted molar refractivity (Wildman–Crippen MR) is 84.7 cm³/mol. The number of hydrogen-bond acceptors (Lipinski definition) is 5. The minimum absolute atomic E-state index is 0.0476. The van der Waals surface area contributed by atoms with Gasteiger partial charge in [0.25, 0.3) is 11.2 Å². The van der Waals surface area contributed by atoms with Crippen LogP contribution < -0.4 is 10.3 Å². The monoisotopic (exact) mass is 401 g/mol. The van der Waals surface area contributed by atoms with E-state index in [2.05, 4.69) is 4.98 Å². The van der Waals surface area contributed by atoms with Crippen molar-refractivity contribution in [2.24, 2.45) is 0 Å². The third-order valence-electron chi connectivity index (χ3n) is 2.97. The molecular formula is C13H12IN3O4. The number of halogens is 1. The molecule has 2 rings (SSSR count). The largest absolute Gasteiger partial charge is 0.496 e. The second-order valence-electron chi connectivity index (χ2n) is 4.33. The van der Waals surface area contributed by atoms with Gasteiger partial charge in [0, 0.05) is 17.7 Å². The minimum Gasteiger partial charge on any atom is -0.496 e. The Labute approximate surface area is 133 Å². The molecule has 1 aromatic carbocycles. The number of aromatic nitrogens is 2. The third-order valence-corrected chi connectivity index (χ3v) is 4.21. The minimum atomic E-state index is -0.483. The van der Waals surface area contributed by atoms with Gasteiger partial charge in [-0.05, 0) is 35.6 Å². The van der Waals surface area contributed by atoms with Gasteiger partial charge in [-0.15, -0.1) is 0 Å². The number of aryl methyl sites for hydroxylation is 1. The zero-order chi connectivity index (χ0) is 15.6. The summed E-state index contributed by atoms with van der Waals surface area (Å²) in [5, 5.41) is 10.9. The fourth-order valence-electron chi connectivity index (χ4n) is 1.84. The van der Waals surface area contributed by atoms with Crippen molar-refractivity contribution in [2.75, 3.05) is 7.11 Å². The van der Waals surface area contributed by atoms with Gasteiger partial charge in [0.15, 0.2) is 0 Å². The lowest BCUT2D eigenvalue weighted by Crippen LogP contribution is -2.24. The first-order valence-electron chi connectivity index (χ1n) is 5.97. The number of nitrogens with zero attached hydrogens (tertiary/aromatic N) is 3. The van der Waals surface area contributed by atoms with Crippen molar-refractivity contribution in [3.8, 4) is 5.75 Å². The molecule has 0 N–H and O–H groups in total. The smallest absolute Gasteiger partial charge is 0.270 e. The van der Waals surface area contributed by atoms with Crippen LogP contribution in [0.3, 0.4) is 0 Å². The number of methoxy groups -OCH3 is 1. The third kappa shape index (κ3) is 3.20. The molecule has 0 radical (unpaired) electrons. The first-order chi connectivity index (χ1) is 9.93. The summed E-state index contributed by atoms with van der Waals surface area (Å²) >= 11 is 1.94. The van der Waals surface area contributed by atoms with Crippen molar-refractivity contribution < 1.29 is 9.66 Å². The molecule has 0 amide bonds. The molecule has 0 aliphatic carbocycles. The molecule has 110 valence electrons. The zero-order valence-corrected chi connectivity index (χ0v) is 13.5. The Hall–Kier alpha value is -1.97. The summed E-state index contributed by atoms with van der Waals surface area (Å²) in [6.45, 7) is 1.91. The number of nitro groups is 1. The molecule has 0 aliphatic heterocycles. The second-order valence-corrected chi connectivity index (χ2v) is 5.41. The Morgan fingerprint density at radius 3 is 2.81 bits per heavy atom. The molecule has 0 saturated heterocycles. The summed E-state index contributed by atoms with van der Waals surface area (Å²) in [6, 6.07) is 4.28. The summed E-state index contributed by atoms with van der Waals surface area (Å²) in [6.07, 6.45) is 1.43. The van der Waals surface area contributed by atoms with Crippen molar-refractivity contribution in [1.29, 1.82) is 0 Å². The van der Waals surface area contributed by atoms with Gasteiger partial charge in [0.1, 0.15) is 5.75 Å². The van der Waals surface area contributed by atoms with Crippen molar-refractivity contribution in [2.45, 2.75) is 13.5 Å². The number of hydrogen-bond donors (Lipinski definition) is 0. The molecule has 8 heteroatoms. The van der Waals surface area contributed by atoms with E-state index in [4.69, 9.17) is 4.74 Å². The topological polar surface area (TPSA) is 87.3 Å². The Balaban J connectivity index is 2.48. The summed E-state index contributed by atoms with van der Waals surface area (Å²) in [5.74, 6) is 0.489. The Bertz CT molecular complexity index is 758. The van der Waals surface area contributed by atoms with Gasteiger partial charge in [-0.1, -0.05) is 0 Å². The van der Waals surface area contributed by atoms with Gasteiger partial charge in [-0.25, -0.2) is 4.98 Å². The molecular weight excluding hydrogens is 389 g/mol. The highest BCUT2D eigenvalue weighted by Crippen LogP contribution is 2.24. The number of rotatable bonds is 4. The van der Waals surface area contributed by atoms with Crippen molar-refractivity contribution in [1.82, 2.24) is 9.55 Å². The normalized spacial score (nSPS) is 10.4. The van der Waals surface area contributed by atoms with E-state index in [1.54, 1.807) is 6.92 Å². The van der Waals surface area contributed by atoms with Crippen molar-refractivity contribution >= 4 is 28.3 Å². The SMILES string of the molecule is COc1ccc([N+](=O)[O-])cc1Cn1cnc(C)c(I)c1=O. The molecule has 0 bridgehead atoms. The molecule has 0 atom stereocenters. The number of non-ortho nitro benzene ring substituents is 1. The van der Waals surface area contributed by atoms with E-state index in [1.807, 2.05) is 22.6 Å². The van der Waals surface area contributed by atoms with E-state index in [0.717, 1.165) is 0 Å². The summed E-state index contributed by atoms with van der Waals surface area (Å²) in [7, 11) is 1.48. The molecule has 21 heavy (non-hydrogen) atoms. The van der Waals surface area contributed by atoms with E-state index in [1.165, 1.54) is 36.2 Å². The maximum atomic E-state index is 12.2. The van der Waals surface area contributed by atoms with E-state index < -0.39 is 4.92 Å². The van der Waals surface area contributed by atoms with Gasteiger partial charge >= 0.3 is 0 Å². The molecule has 0 spiro atoms. The van der Waals surface area contributed by atoms with E-state index in [0.29, 0.717) is 20.6 Å². The van der Waals surface area contributed by atoms with Crippen LogP contribution in [-0.2, 0) is 6.54 Å². The maximum Gasteiger partial charge on any atom is 0.270 e. The van der Waals surface area contributed by atoms with Gasteiger partial charge in [0.05, 0.1) is 34.2 Å². The molecule has 0 aliphatic rings. The first-order valence-corrected chi connectivity index (χ1v) is 7.04. The quantitative estimate of drug-likeness (QED) is 0.445. The average Bonchev–Trinajstić information content (AvgIpc) is 2.47. The van der Waals surface area contributed by atoms with Crippen molar-refractivity contribution in [3.05, 3.63) is 59.8 Å². The van der Waals surface area contributed by atoms with Gasteiger partial charge in [-0.2, -0.15) is 0 Å². The van der Waals surface area contributed by atoms with Gasteiger partial charge in [-0.3, -0.25) is 19.5 Å². The summed E-state index contributed by atoms with van der Waals surface area (Å²) in [4.78, 5) is 26.7. The molecule has 2 aromatic rings. The molecule has 0 unspecified atom stereocenters. The lowest BCUT2D eigenvalue weighted by molar-refractivity contribution is -0.384. The summed E-state index contributed by atoms with van der Waals surface area (Å²) < 4.78 is 7.11. The predicted octanol–water partition coefficient (Wildman–Crippen LogP) is 2.12. The molecule has 1 heterocycles. The standard InChI is InChI=1S/C13H12IN3O4/c1-8-12(14)13(18)16(7-15-8)6-9-5-10(17(19)20)3-4-11(9)21-2/h3-5,7H,6H2,1-2H3. The maximum absolute atomic E-state index is 12.2. The highest BCUT2D eigenvalue weighted by atomic mass is 127. The molecule has 1 aromatic heterocycles. The Morgan fingerprint density at radius 2 is 2.19 bits per heavy atom. The van der Waals surface area contributed by atoms with Crippen LogP contribution in [0.25, 0.3) is 0 Å². The van der Waals surface area contributed by atoms with E-state index >= 15 is 0 Å². The van der Waals surface area contributed by atoms with Crippen LogP contribution in [0.2, 0.25) is 0 Å². The fourth-order valence-corrected chi connectivity index (χ4v) is 2.29. The first kappa shape index (κ1) is 15.4. The van der Waals surface area contributed by atoms with E-state index in [9.17, 15) is 14.9 Å². The van der Waals surface area contributed by atoms with Crippen LogP contribution >= 0.6 is 22.6 Å². The Morgan fingerprint density at radius 1 is 1.48 bits per heavy atom. The number of nitro benzene ring substituents is 1. The number of ether oxygens (including phenoxy) is 1. The molecule has 0 saturated carbocycles. The van der Waals surface area contributed by atoms with Crippen LogP contribution in [0.5, 0.6) is 5.75 Å². The van der Waals surface area contributed by atoms with E-state index in [-0.39, 0.29) is 17.8 Å². The van der Waals surface area contributed by atoms with Crippen LogP contribution in [0.15, 0.2) is 29.3 Å². The summed E-state index contributed by atoms with van der Waals surface area (Å²) in [5.41, 5.74) is 0.975. The van der Waals surface area contributed by atoms with Crippen molar-refractivity contribution in [3.63, 3.8) is 0 Å². The highest BCUT2D eigenvalue weighted by molar-refractivity contribution is 14.1. The second kappa shape index (κ2) is 6.20. The Kier molecular flexibility index (Phi) is 4.56.